The molecule has 0 aliphatic carbocycles. The van der Waals surface area contributed by atoms with Crippen LogP contribution >= 0.6 is 12.4 Å². The summed E-state index contributed by atoms with van der Waals surface area (Å²) in [6, 6.07) is 0. The zero-order valence-electron chi connectivity index (χ0n) is 11.1. The standard InChI is InChI=1S/C12H26N2O2.ClH/c1-14(10-7-11-16-2)12(15)8-5-3-4-6-9-13;/h3-11,13H2,1-2H3;1H. The minimum atomic E-state index is 0. The molecular formula is C12H27ClN2O2. The number of hydrogen-bond acceptors (Lipinski definition) is 3. The monoisotopic (exact) mass is 266 g/mol. The van der Waals surface area contributed by atoms with Crippen molar-refractivity contribution in [2.24, 2.45) is 5.73 Å². The van der Waals surface area contributed by atoms with E-state index in [-0.39, 0.29) is 18.3 Å². The van der Waals surface area contributed by atoms with Crippen LogP contribution in [0.2, 0.25) is 0 Å². The zero-order valence-corrected chi connectivity index (χ0v) is 11.9. The number of methoxy groups -OCH3 is 1. The number of halogens is 1. The first kappa shape index (κ1) is 19.0. The molecule has 2 N–H and O–H groups in total. The van der Waals surface area contributed by atoms with Gasteiger partial charge in [0.05, 0.1) is 0 Å². The van der Waals surface area contributed by atoms with Gasteiger partial charge < -0.3 is 15.4 Å². The summed E-state index contributed by atoms with van der Waals surface area (Å²) in [7, 11) is 3.54. The van der Waals surface area contributed by atoms with Crippen LogP contribution in [0, 0.1) is 0 Å². The quantitative estimate of drug-likeness (QED) is 0.614. The molecule has 0 aromatic carbocycles. The highest BCUT2D eigenvalue weighted by Crippen LogP contribution is 2.04. The Kier molecular flexibility index (Phi) is 15.4. The number of amides is 1. The van der Waals surface area contributed by atoms with Gasteiger partial charge in [0, 0.05) is 33.7 Å². The Morgan fingerprint density at radius 3 is 2.41 bits per heavy atom. The number of unbranched alkanes of at least 4 members (excludes halogenated alkanes) is 3. The Bertz CT molecular complexity index is 180. The van der Waals surface area contributed by atoms with Crippen LogP contribution in [0.1, 0.15) is 38.5 Å². The maximum absolute atomic E-state index is 11.6. The van der Waals surface area contributed by atoms with Crippen LogP contribution in [0.15, 0.2) is 0 Å². The first-order valence-electron chi connectivity index (χ1n) is 6.15. The number of nitrogens with two attached hydrogens (primary N) is 1. The van der Waals surface area contributed by atoms with Crippen LogP contribution in [0.3, 0.4) is 0 Å². The highest BCUT2D eigenvalue weighted by Gasteiger charge is 2.07. The fourth-order valence-corrected chi connectivity index (χ4v) is 1.54. The largest absolute Gasteiger partial charge is 0.385 e. The first-order valence-corrected chi connectivity index (χ1v) is 6.15. The van der Waals surface area contributed by atoms with Crippen LogP contribution in [0.25, 0.3) is 0 Å². The van der Waals surface area contributed by atoms with Crippen molar-refractivity contribution in [2.45, 2.75) is 38.5 Å². The molecule has 0 saturated carbocycles. The summed E-state index contributed by atoms with van der Waals surface area (Å²) in [6.07, 6.45) is 5.86. The maximum Gasteiger partial charge on any atom is 0.222 e. The first-order chi connectivity index (χ1) is 7.72. The molecule has 0 atom stereocenters. The lowest BCUT2D eigenvalue weighted by Crippen LogP contribution is -2.28. The molecule has 0 radical (unpaired) electrons. The van der Waals surface area contributed by atoms with E-state index in [2.05, 4.69) is 0 Å². The number of carbonyl (C=O) groups is 1. The molecule has 0 unspecified atom stereocenters. The Balaban J connectivity index is 0. The van der Waals surface area contributed by atoms with E-state index < -0.39 is 0 Å². The lowest BCUT2D eigenvalue weighted by Gasteiger charge is -2.16. The number of ether oxygens (including phenoxy) is 1. The van der Waals surface area contributed by atoms with Gasteiger partial charge in [-0.1, -0.05) is 12.8 Å². The second kappa shape index (κ2) is 13.7. The van der Waals surface area contributed by atoms with Gasteiger partial charge >= 0.3 is 0 Å². The molecule has 4 nitrogen and oxygen atoms in total. The Labute approximate surface area is 111 Å². The van der Waals surface area contributed by atoms with E-state index in [1.807, 2.05) is 7.05 Å². The predicted molar refractivity (Wildman–Crippen MR) is 73.5 cm³/mol. The average molecular weight is 267 g/mol. The molecule has 0 saturated heterocycles. The lowest BCUT2D eigenvalue weighted by atomic mass is 10.1. The molecule has 1 amide bonds. The summed E-state index contributed by atoms with van der Waals surface area (Å²) in [6.45, 7) is 2.26. The van der Waals surface area contributed by atoms with Crippen LogP contribution in [-0.2, 0) is 9.53 Å². The SMILES string of the molecule is COCCCN(C)C(=O)CCCCCCN.Cl. The van der Waals surface area contributed by atoms with Gasteiger partial charge in [-0.3, -0.25) is 4.79 Å². The molecule has 0 bridgehead atoms. The van der Waals surface area contributed by atoms with Gasteiger partial charge in [-0.15, -0.1) is 12.4 Å². The summed E-state index contributed by atoms with van der Waals surface area (Å²) in [5, 5.41) is 0. The highest BCUT2D eigenvalue weighted by molar-refractivity contribution is 5.85. The van der Waals surface area contributed by atoms with Crippen molar-refractivity contribution in [3.63, 3.8) is 0 Å². The normalized spacial score (nSPS) is 9.82. The molecular weight excluding hydrogens is 240 g/mol. The Morgan fingerprint density at radius 1 is 1.18 bits per heavy atom. The fourth-order valence-electron chi connectivity index (χ4n) is 1.54. The number of rotatable bonds is 10. The summed E-state index contributed by atoms with van der Waals surface area (Å²) in [5.41, 5.74) is 5.40. The van der Waals surface area contributed by atoms with Crippen molar-refractivity contribution >= 4 is 18.3 Å². The maximum atomic E-state index is 11.6. The van der Waals surface area contributed by atoms with E-state index in [9.17, 15) is 4.79 Å². The smallest absolute Gasteiger partial charge is 0.222 e. The van der Waals surface area contributed by atoms with Crippen LogP contribution < -0.4 is 5.73 Å². The molecule has 0 aromatic rings. The molecule has 0 spiro atoms. The van der Waals surface area contributed by atoms with Crippen LogP contribution in [0.4, 0.5) is 0 Å². The predicted octanol–water partition coefficient (Wildman–Crippen LogP) is 1.81. The molecule has 0 aromatic heterocycles. The summed E-state index contributed by atoms with van der Waals surface area (Å²) in [5.74, 6) is 0.240. The van der Waals surface area contributed by atoms with E-state index >= 15 is 0 Å². The third-order valence-corrected chi connectivity index (χ3v) is 2.61. The van der Waals surface area contributed by atoms with Crippen molar-refractivity contribution in [2.75, 3.05) is 33.9 Å². The summed E-state index contributed by atoms with van der Waals surface area (Å²) in [4.78, 5) is 13.4. The highest BCUT2D eigenvalue weighted by atomic mass is 35.5. The minimum absolute atomic E-state index is 0. The van der Waals surface area contributed by atoms with Crippen molar-refractivity contribution < 1.29 is 9.53 Å². The Hall–Kier alpha value is -0.320. The molecule has 0 aliphatic heterocycles. The van der Waals surface area contributed by atoms with Gasteiger partial charge in [0.2, 0.25) is 5.91 Å². The average Bonchev–Trinajstić information content (AvgIpc) is 2.28. The van der Waals surface area contributed by atoms with Crippen LogP contribution in [0.5, 0.6) is 0 Å². The third-order valence-electron chi connectivity index (χ3n) is 2.61. The van der Waals surface area contributed by atoms with E-state index in [1.54, 1.807) is 12.0 Å². The van der Waals surface area contributed by atoms with Crippen molar-refractivity contribution in [1.29, 1.82) is 0 Å². The molecule has 0 heterocycles. The molecule has 0 fully saturated rings. The molecule has 0 rings (SSSR count). The number of nitrogens with zero attached hydrogens (tertiary/aromatic N) is 1. The minimum Gasteiger partial charge on any atom is -0.385 e. The van der Waals surface area contributed by atoms with Gasteiger partial charge in [0.15, 0.2) is 0 Å². The second-order valence-electron chi connectivity index (χ2n) is 4.11. The third kappa shape index (κ3) is 11.9. The van der Waals surface area contributed by atoms with E-state index in [4.69, 9.17) is 10.5 Å². The number of hydrogen-bond donors (Lipinski definition) is 1. The zero-order chi connectivity index (χ0) is 12.2. The molecule has 104 valence electrons. The fraction of sp³-hybridized carbons (Fsp3) is 0.917. The second-order valence-corrected chi connectivity index (χ2v) is 4.11. The van der Waals surface area contributed by atoms with E-state index in [0.29, 0.717) is 13.0 Å². The Morgan fingerprint density at radius 2 is 1.82 bits per heavy atom. The summed E-state index contributed by atoms with van der Waals surface area (Å²) >= 11 is 0. The van der Waals surface area contributed by atoms with Crippen LogP contribution in [-0.4, -0.2) is 44.7 Å². The van der Waals surface area contributed by atoms with E-state index in [1.165, 1.54) is 0 Å². The van der Waals surface area contributed by atoms with Crippen molar-refractivity contribution in [3.05, 3.63) is 0 Å². The van der Waals surface area contributed by atoms with Crippen molar-refractivity contribution in [1.82, 2.24) is 4.90 Å². The van der Waals surface area contributed by atoms with Gasteiger partial charge in [-0.05, 0) is 25.8 Å². The number of carbonyl (C=O) groups excluding carboxylic acids is 1. The lowest BCUT2D eigenvalue weighted by molar-refractivity contribution is -0.130. The van der Waals surface area contributed by atoms with Gasteiger partial charge in [-0.2, -0.15) is 0 Å². The van der Waals surface area contributed by atoms with Gasteiger partial charge in [0.25, 0.3) is 0 Å². The molecule has 0 aliphatic rings. The van der Waals surface area contributed by atoms with Gasteiger partial charge in [0.1, 0.15) is 0 Å². The van der Waals surface area contributed by atoms with Crippen molar-refractivity contribution in [3.8, 4) is 0 Å². The summed E-state index contributed by atoms with van der Waals surface area (Å²) < 4.78 is 4.95. The molecule has 5 heteroatoms. The molecule has 17 heavy (non-hydrogen) atoms. The van der Waals surface area contributed by atoms with Gasteiger partial charge in [-0.25, -0.2) is 0 Å². The topological polar surface area (TPSA) is 55.6 Å². The van der Waals surface area contributed by atoms with E-state index in [0.717, 1.165) is 45.2 Å².